The SMILES string of the molecule is C=C(C)C1CC[C@]2(C(=O)O)CC[C@]3(C)[C@H](CC[C@@H]4[C@@]5(C)CC[C@H](O[C@@H]6O[C@H](C(=O)O)[C@@H](O)[C@H](O)[C@H]6O)[C@@](C)(CO)C5CC[C@]43C)C12. The van der Waals surface area contributed by atoms with E-state index in [0.717, 1.165) is 56.9 Å². The van der Waals surface area contributed by atoms with Crippen molar-refractivity contribution < 1.29 is 49.7 Å². The smallest absolute Gasteiger partial charge is 0.335 e. The lowest BCUT2D eigenvalue weighted by Gasteiger charge is -2.73. The molecule has 1 heterocycles. The van der Waals surface area contributed by atoms with Gasteiger partial charge in [-0.1, -0.05) is 39.8 Å². The number of aliphatic hydroxyl groups excluding tert-OH is 4. The zero-order valence-electron chi connectivity index (χ0n) is 28.2. The minimum absolute atomic E-state index is 0.0181. The number of aliphatic hydroxyl groups is 4. The maximum Gasteiger partial charge on any atom is 0.335 e. The Labute approximate surface area is 272 Å². The first-order valence-corrected chi connectivity index (χ1v) is 17.5. The van der Waals surface area contributed by atoms with Crippen LogP contribution in [0.1, 0.15) is 98.8 Å². The van der Waals surface area contributed by atoms with Gasteiger partial charge in [0.2, 0.25) is 0 Å². The van der Waals surface area contributed by atoms with Gasteiger partial charge in [0.05, 0.1) is 18.1 Å². The molecule has 6 N–H and O–H groups in total. The minimum atomic E-state index is -1.80. The largest absolute Gasteiger partial charge is 0.481 e. The number of carboxylic acids is 2. The van der Waals surface area contributed by atoms with E-state index in [2.05, 4.69) is 34.3 Å². The van der Waals surface area contributed by atoms with Gasteiger partial charge in [0.15, 0.2) is 12.4 Å². The summed E-state index contributed by atoms with van der Waals surface area (Å²) >= 11 is 0. The summed E-state index contributed by atoms with van der Waals surface area (Å²) in [5, 5.41) is 62.5. The van der Waals surface area contributed by atoms with E-state index >= 15 is 0 Å². The molecule has 5 aliphatic carbocycles. The Bertz CT molecular complexity index is 1260. The van der Waals surface area contributed by atoms with E-state index in [9.17, 15) is 40.2 Å². The molecule has 260 valence electrons. The van der Waals surface area contributed by atoms with Crippen molar-refractivity contribution in [2.24, 2.45) is 56.7 Å². The average Bonchev–Trinajstić information content (AvgIpc) is 3.40. The van der Waals surface area contributed by atoms with Gasteiger partial charge in [-0.2, -0.15) is 0 Å². The normalized spacial score (nSPS) is 54.9. The molecule has 46 heavy (non-hydrogen) atoms. The minimum Gasteiger partial charge on any atom is -0.481 e. The van der Waals surface area contributed by atoms with Crippen molar-refractivity contribution in [1.82, 2.24) is 0 Å². The number of carbonyl (C=O) groups is 2. The highest BCUT2D eigenvalue weighted by atomic mass is 16.7. The molecule has 0 aromatic heterocycles. The molecule has 10 heteroatoms. The van der Waals surface area contributed by atoms with E-state index < -0.39 is 59.6 Å². The Morgan fingerprint density at radius 3 is 2.13 bits per heavy atom. The molecule has 1 saturated heterocycles. The van der Waals surface area contributed by atoms with Crippen molar-refractivity contribution in [3.05, 3.63) is 12.2 Å². The number of ether oxygens (including phenoxy) is 2. The first kappa shape index (κ1) is 34.3. The predicted octanol–water partition coefficient (Wildman–Crippen LogP) is 3.98. The molecule has 0 spiro atoms. The van der Waals surface area contributed by atoms with Gasteiger partial charge in [0, 0.05) is 5.41 Å². The Kier molecular flexibility index (Phi) is 8.38. The van der Waals surface area contributed by atoms with E-state index in [1.54, 1.807) is 0 Å². The van der Waals surface area contributed by atoms with Gasteiger partial charge in [-0.25, -0.2) is 4.79 Å². The number of allylic oxidation sites excluding steroid dienone is 1. The van der Waals surface area contributed by atoms with E-state index in [1.807, 2.05) is 6.92 Å². The average molecular weight is 649 g/mol. The summed E-state index contributed by atoms with van der Waals surface area (Å²) in [6.45, 7) is 15.6. The van der Waals surface area contributed by atoms with Crippen molar-refractivity contribution in [1.29, 1.82) is 0 Å². The molecule has 0 aromatic carbocycles. The molecule has 0 bridgehead atoms. The van der Waals surface area contributed by atoms with E-state index in [1.165, 1.54) is 0 Å². The first-order chi connectivity index (χ1) is 21.4. The van der Waals surface area contributed by atoms with Gasteiger partial charge in [0.25, 0.3) is 0 Å². The highest BCUT2D eigenvalue weighted by Gasteiger charge is 2.72. The molecule has 1 aliphatic heterocycles. The van der Waals surface area contributed by atoms with Crippen LogP contribution in [0.25, 0.3) is 0 Å². The summed E-state index contributed by atoms with van der Waals surface area (Å²) < 4.78 is 11.8. The van der Waals surface area contributed by atoms with Crippen LogP contribution in [0.5, 0.6) is 0 Å². The monoisotopic (exact) mass is 648 g/mol. The number of aliphatic carboxylic acids is 2. The number of fused-ring (bicyclic) bond motifs is 7. The third-order valence-corrected chi connectivity index (χ3v) is 15.7. The Morgan fingerprint density at radius 1 is 0.826 bits per heavy atom. The van der Waals surface area contributed by atoms with Crippen LogP contribution in [0, 0.1) is 56.7 Å². The summed E-state index contributed by atoms with van der Waals surface area (Å²) in [5.41, 5.74) is -0.461. The van der Waals surface area contributed by atoms with E-state index in [4.69, 9.17) is 9.47 Å². The molecule has 10 nitrogen and oxygen atoms in total. The van der Waals surface area contributed by atoms with E-state index in [0.29, 0.717) is 24.7 Å². The fourth-order valence-corrected chi connectivity index (χ4v) is 13.1. The Hall–Kier alpha value is -1.56. The first-order valence-electron chi connectivity index (χ1n) is 17.5. The lowest BCUT2D eigenvalue weighted by Crippen LogP contribution is -2.68. The standard InChI is InChI=1S/C36H56O10/c1-18(2)19-9-14-36(31(43)44)16-15-34(5)20(24(19)36)7-8-22-32(3)12-11-23(33(4,17-37)21(32)10-13-35(22,34)6)45-30-27(40)25(38)26(39)28(46-30)29(41)42/h19-28,30,37-40H,1,7-17H2,2-6H3,(H,41,42)(H,43,44)/t19?,20-,21?,22-,23+,24?,25+,26+,27-,28+,30-,32+,33+,34-,35-,36+/m1/s1. The summed E-state index contributed by atoms with van der Waals surface area (Å²) in [6, 6.07) is 0. The second-order valence-electron chi connectivity index (χ2n) is 17.2. The maximum atomic E-state index is 12.9. The molecule has 6 fully saturated rings. The fourth-order valence-electron chi connectivity index (χ4n) is 13.1. The van der Waals surface area contributed by atoms with Crippen molar-refractivity contribution in [2.45, 2.75) is 136 Å². The van der Waals surface area contributed by atoms with E-state index in [-0.39, 0.29) is 40.6 Å². The third kappa shape index (κ3) is 4.42. The van der Waals surface area contributed by atoms with Crippen molar-refractivity contribution in [3.63, 3.8) is 0 Å². The lowest BCUT2D eigenvalue weighted by atomic mass is 9.32. The maximum absolute atomic E-state index is 12.9. The van der Waals surface area contributed by atoms with Crippen LogP contribution in [0.15, 0.2) is 12.2 Å². The van der Waals surface area contributed by atoms with Crippen LogP contribution in [0.3, 0.4) is 0 Å². The van der Waals surface area contributed by atoms with Crippen molar-refractivity contribution >= 4 is 11.9 Å². The van der Waals surface area contributed by atoms with Crippen LogP contribution >= 0.6 is 0 Å². The Morgan fingerprint density at radius 2 is 1.52 bits per heavy atom. The third-order valence-electron chi connectivity index (χ3n) is 15.7. The van der Waals surface area contributed by atoms with Crippen LogP contribution in [-0.4, -0.2) is 86.0 Å². The summed E-state index contributed by atoms with van der Waals surface area (Å²) in [6.07, 6.45) is -0.571. The van der Waals surface area contributed by atoms with Gasteiger partial charge in [-0.15, -0.1) is 0 Å². The topological polar surface area (TPSA) is 174 Å². The van der Waals surface area contributed by atoms with Gasteiger partial charge < -0.3 is 40.1 Å². The second-order valence-corrected chi connectivity index (χ2v) is 17.2. The number of carboxylic acid groups (broad SMARTS) is 2. The van der Waals surface area contributed by atoms with Crippen LogP contribution in [0.4, 0.5) is 0 Å². The van der Waals surface area contributed by atoms with Crippen LogP contribution in [0.2, 0.25) is 0 Å². The molecule has 0 aromatic rings. The highest BCUT2D eigenvalue weighted by Crippen LogP contribution is 2.77. The molecular formula is C36H56O10. The lowest BCUT2D eigenvalue weighted by molar-refractivity contribution is -0.329. The zero-order valence-corrected chi connectivity index (χ0v) is 28.2. The van der Waals surface area contributed by atoms with Crippen LogP contribution < -0.4 is 0 Å². The van der Waals surface area contributed by atoms with Gasteiger partial charge >= 0.3 is 11.9 Å². The zero-order chi connectivity index (χ0) is 33.8. The van der Waals surface area contributed by atoms with Gasteiger partial charge in [-0.3, -0.25) is 4.79 Å². The molecule has 6 rings (SSSR count). The molecule has 0 radical (unpaired) electrons. The molecule has 3 unspecified atom stereocenters. The summed E-state index contributed by atoms with van der Waals surface area (Å²) in [5.74, 6) is -1.02. The van der Waals surface area contributed by atoms with Crippen LogP contribution in [-0.2, 0) is 19.1 Å². The molecule has 0 amide bonds. The molecule has 6 aliphatic rings. The summed E-state index contributed by atoms with van der Waals surface area (Å²) in [7, 11) is 0. The highest BCUT2D eigenvalue weighted by molar-refractivity contribution is 5.76. The van der Waals surface area contributed by atoms with Gasteiger partial charge in [0.1, 0.15) is 18.3 Å². The number of hydrogen-bond donors (Lipinski definition) is 6. The van der Waals surface area contributed by atoms with Crippen molar-refractivity contribution in [3.8, 4) is 0 Å². The number of hydrogen-bond acceptors (Lipinski definition) is 8. The molecular weight excluding hydrogens is 592 g/mol. The predicted molar refractivity (Wildman–Crippen MR) is 167 cm³/mol. The fraction of sp³-hybridized carbons (Fsp3) is 0.889. The Balaban J connectivity index is 1.29. The molecule has 5 saturated carbocycles. The second kappa shape index (κ2) is 11.2. The number of rotatable bonds is 6. The quantitative estimate of drug-likeness (QED) is 0.183. The van der Waals surface area contributed by atoms with Crippen molar-refractivity contribution in [2.75, 3.05) is 6.61 Å². The molecule has 16 atom stereocenters. The van der Waals surface area contributed by atoms with Gasteiger partial charge in [-0.05, 0) is 117 Å². The summed E-state index contributed by atoms with van der Waals surface area (Å²) in [4.78, 5) is 24.7.